The quantitative estimate of drug-likeness (QED) is 0.131. The Balaban J connectivity index is 3.38. The van der Waals surface area contributed by atoms with Crippen molar-refractivity contribution in [2.75, 3.05) is 19.8 Å². The summed E-state index contributed by atoms with van der Waals surface area (Å²) >= 11 is 0. The molecule has 13 nitrogen and oxygen atoms in total. The number of hydrogen-bond acceptors (Lipinski definition) is 13. The van der Waals surface area contributed by atoms with Crippen molar-refractivity contribution in [3.8, 4) is 0 Å². The van der Waals surface area contributed by atoms with Crippen LogP contribution in [-0.4, -0.2) is 85.4 Å². The van der Waals surface area contributed by atoms with Gasteiger partial charge in [-0.05, 0) is 13.8 Å². The van der Waals surface area contributed by atoms with E-state index >= 15 is 0 Å². The van der Waals surface area contributed by atoms with Gasteiger partial charge in [0.05, 0.1) is 19.8 Å². The topological polar surface area (TPSA) is 173 Å². The first kappa shape index (κ1) is 27.8. The zero-order chi connectivity index (χ0) is 25.1. The van der Waals surface area contributed by atoms with Gasteiger partial charge < -0.3 is 38.8 Å². The van der Waals surface area contributed by atoms with Crippen molar-refractivity contribution in [3.05, 3.63) is 11.8 Å². The Kier molecular flexibility index (Phi) is 11.3. The number of aliphatic hydroxyl groups is 1. The van der Waals surface area contributed by atoms with E-state index in [1.165, 1.54) is 0 Å². The molecule has 0 saturated carbocycles. The lowest BCUT2D eigenvalue weighted by Crippen LogP contribution is -2.64. The molecule has 1 rings (SSSR count). The minimum absolute atomic E-state index is 0.0171. The van der Waals surface area contributed by atoms with Crippen LogP contribution < -0.4 is 5.32 Å². The fourth-order valence-corrected chi connectivity index (χ4v) is 2.96. The Bertz CT molecular complexity index is 744. The molecule has 33 heavy (non-hydrogen) atoms. The Morgan fingerprint density at radius 3 is 1.70 bits per heavy atom. The second kappa shape index (κ2) is 13.4. The molecule has 2 N–H and O–H groups in total. The zero-order valence-corrected chi connectivity index (χ0v) is 19.0. The second-order valence-corrected chi connectivity index (χ2v) is 6.67. The lowest BCUT2D eigenvalue weighted by Gasteiger charge is -2.44. The van der Waals surface area contributed by atoms with Gasteiger partial charge in [-0.1, -0.05) is 0 Å². The van der Waals surface area contributed by atoms with Crippen molar-refractivity contribution < 1.29 is 57.5 Å². The highest BCUT2D eigenvalue weighted by Crippen LogP contribution is 2.28. The van der Waals surface area contributed by atoms with Crippen LogP contribution in [0.3, 0.4) is 0 Å². The van der Waals surface area contributed by atoms with Gasteiger partial charge in [0.2, 0.25) is 0 Å². The van der Waals surface area contributed by atoms with Crippen molar-refractivity contribution in [1.29, 1.82) is 0 Å². The molecule has 1 aliphatic heterocycles. The first-order valence-electron chi connectivity index (χ1n) is 10.1. The fraction of sp³-hybridized carbons (Fsp3) is 0.650. The molecule has 0 aliphatic carbocycles. The van der Waals surface area contributed by atoms with E-state index in [0.717, 1.165) is 27.0 Å². The number of carbonyl (C=O) groups excluding carboxylic acids is 5. The van der Waals surface area contributed by atoms with Crippen LogP contribution in [0.5, 0.6) is 0 Å². The summed E-state index contributed by atoms with van der Waals surface area (Å²) in [5.74, 6) is -4.33. The number of carbonyl (C=O) groups is 5. The van der Waals surface area contributed by atoms with Gasteiger partial charge in [-0.2, -0.15) is 0 Å². The van der Waals surface area contributed by atoms with Gasteiger partial charge in [-0.3, -0.25) is 14.4 Å². The number of ether oxygens (including phenoxy) is 6. The van der Waals surface area contributed by atoms with Crippen LogP contribution in [0.25, 0.3) is 0 Å². The van der Waals surface area contributed by atoms with Crippen LogP contribution in [-0.2, 0) is 52.4 Å². The van der Waals surface area contributed by atoms with Crippen LogP contribution >= 0.6 is 0 Å². The van der Waals surface area contributed by atoms with Crippen molar-refractivity contribution in [2.24, 2.45) is 0 Å². The molecule has 1 saturated heterocycles. The number of esters is 5. The average molecular weight is 475 g/mol. The fourth-order valence-electron chi connectivity index (χ4n) is 2.96. The summed E-state index contributed by atoms with van der Waals surface area (Å²) in [6.45, 7) is 5.64. The number of rotatable bonds is 10. The van der Waals surface area contributed by atoms with E-state index in [1.54, 1.807) is 13.8 Å². The van der Waals surface area contributed by atoms with Gasteiger partial charge in [0, 0.05) is 27.0 Å². The van der Waals surface area contributed by atoms with Gasteiger partial charge in [0.1, 0.15) is 6.10 Å². The monoisotopic (exact) mass is 475 g/mol. The molecule has 186 valence electrons. The van der Waals surface area contributed by atoms with Gasteiger partial charge in [0.25, 0.3) is 0 Å². The molecule has 0 aromatic heterocycles. The largest absolute Gasteiger partial charge is 0.462 e. The zero-order valence-electron chi connectivity index (χ0n) is 19.0. The van der Waals surface area contributed by atoms with E-state index in [9.17, 15) is 29.1 Å². The van der Waals surface area contributed by atoms with Gasteiger partial charge in [-0.25, -0.2) is 9.59 Å². The lowest BCUT2D eigenvalue weighted by molar-refractivity contribution is -0.254. The molecule has 0 bridgehead atoms. The molecule has 0 amide bonds. The normalized spacial score (nSPS) is 24.0. The highest BCUT2D eigenvalue weighted by Gasteiger charge is 2.51. The standard InChI is InChI=1S/C20H29NO12/c1-6-28-19(26)13(20(27)29-7-2)8-21-18-17(32-12(5)25)16(31-11(4)24)15(30-10(3)23)14(9-22)33-18/h8,14-18,21-22H,6-7,9H2,1-5H3/t14-,15-,16+,17-,18-/m1/s1. The summed E-state index contributed by atoms with van der Waals surface area (Å²) in [4.78, 5) is 59.3. The third kappa shape index (κ3) is 8.35. The van der Waals surface area contributed by atoms with Crippen LogP contribution in [0.2, 0.25) is 0 Å². The van der Waals surface area contributed by atoms with E-state index in [0.29, 0.717) is 0 Å². The predicted molar refractivity (Wildman–Crippen MR) is 107 cm³/mol. The second-order valence-electron chi connectivity index (χ2n) is 6.67. The smallest absolute Gasteiger partial charge is 0.347 e. The van der Waals surface area contributed by atoms with Gasteiger partial charge in [-0.15, -0.1) is 0 Å². The molecule has 0 spiro atoms. The van der Waals surface area contributed by atoms with Crippen LogP contribution in [0.15, 0.2) is 11.8 Å². The Labute approximate surface area is 190 Å². The highest BCUT2D eigenvalue weighted by atomic mass is 16.7. The molecular weight excluding hydrogens is 446 g/mol. The van der Waals surface area contributed by atoms with Crippen LogP contribution in [0.4, 0.5) is 0 Å². The molecule has 5 atom stereocenters. The van der Waals surface area contributed by atoms with E-state index in [2.05, 4.69) is 5.32 Å². The molecule has 0 radical (unpaired) electrons. The first-order valence-corrected chi connectivity index (χ1v) is 10.1. The third-order valence-corrected chi connectivity index (χ3v) is 4.10. The van der Waals surface area contributed by atoms with Gasteiger partial charge >= 0.3 is 29.8 Å². The molecule has 1 fully saturated rings. The summed E-state index contributed by atoms with van der Waals surface area (Å²) < 4.78 is 30.9. The summed E-state index contributed by atoms with van der Waals surface area (Å²) in [5.41, 5.74) is -0.518. The van der Waals surface area contributed by atoms with E-state index in [-0.39, 0.29) is 13.2 Å². The van der Waals surface area contributed by atoms with Crippen molar-refractivity contribution in [3.63, 3.8) is 0 Å². The molecular formula is C20H29NO12. The average Bonchev–Trinajstić information content (AvgIpc) is 2.71. The Morgan fingerprint density at radius 2 is 1.27 bits per heavy atom. The minimum atomic E-state index is -1.40. The minimum Gasteiger partial charge on any atom is -0.462 e. The van der Waals surface area contributed by atoms with Crippen LogP contribution in [0, 0.1) is 0 Å². The molecule has 0 aromatic rings. The van der Waals surface area contributed by atoms with Crippen molar-refractivity contribution in [1.82, 2.24) is 5.32 Å². The molecule has 0 unspecified atom stereocenters. The lowest BCUT2D eigenvalue weighted by atomic mass is 9.97. The van der Waals surface area contributed by atoms with Crippen molar-refractivity contribution >= 4 is 29.8 Å². The Morgan fingerprint density at radius 1 is 0.818 bits per heavy atom. The summed E-state index contributed by atoms with van der Waals surface area (Å²) in [5, 5.41) is 12.3. The molecule has 0 aromatic carbocycles. The summed E-state index contributed by atoms with van der Waals surface area (Å²) in [6.07, 6.45) is -5.74. The molecule has 1 heterocycles. The molecule has 13 heteroatoms. The van der Waals surface area contributed by atoms with Gasteiger partial charge in [0.15, 0.2) is 30.1 Å². The maximum absolute atomic E-state index is 12.2. The van der Waals surface area contributed by atoms with E-state index in [4.69, 9.17) is 28.4 Å². The number of nitrogens with one attached hydrogen (secondary N) is 1. The van der Waals surface area contributed by atoms with E-state index < -0.39 is 72.7 Å². The predicted octanol–water partition coefficient (Wildman–Crippen LogP) is -0.902. The maximum Gasteiger partial charge on any atom is 0.347 e. The first-order chi connectivity index (χ1) is 15.5. The maximum atomic E-state index is 12.2. The third-order valence-electron chi connectivity index (χ3n) is 4.10. The SMILES string of the molecule is CCOC(=O)C(=CN[C@@H]1O[C@H](CO)[C@@H](OC(C)=O)[C@H](OC(C)=O)[C@H]1OC(C)=O)C(=O)OCC. The highest BCUT2D eigenvalue weighted by molar-refractivity contribution is 6.13. The van der Waals surface area contributed by atoms with Crippen molar-refractivity contribution in [2.45, 2.75) is 65.3 Å². The van der Waals surface area contributed by atoms with Crippen LogP contribution in [0.1, 0.15) is 34.6 Å². The summed E-state index contributed by atoms with van der Waals surface area (Å²) in [6, 6.07) is 0. The summed E-state index contributed by atoms with van der Waals surface area (Å²) in [7, 11) is 0. The Hall–Kier alpha value is -3.19. The number of aliphatic hydroxyl groups excluding tert-OH is 1. The number of hydrogen-bond donors (Lipinski definition) is 2. The van der Waals surface area contributed by atoms with E-state index in [1.807, 2.05) is 0 Å². The molecule has 1 aliphatic rings.